The average Bonchev–Trinajstić information content (AvgIpc) is 2.28. The molecule has 0 aromatic rings. The van der Waals surface area contributed by atoms with Gasteiger partial charge in [-0.1, -0.05) is 11.8 Å². The van der Waals surface area contributed by atoms with Crippen LogP contribution in [0.25, 0.3) is 0 Å². The first-order valence-electron chi connectivity index (χ1n) is 5.11. The fourth-order valence-corrected chi connectivity index (χ4v) is 1.89. The molecule has 1 amide bonds. The van der Waals surface area contributed by atoms with Crippen LogP contribution in [-0.4, -0.2) is 52.9 Å². The molecule has 18 heavy (non-hydrogen) atoms. The molecule has 0 rings (SSSR count). The Morgan fingerprint density at radius 1 is 1.50 bits per heavy atom. The van der Waals surface area contributed by atoms with Crippen molar-refractivity contribution in [1.82, 2.24) is 5.06 Å². The first kappa shape index (κ1) is 16.7. The van der Waals surface area contributed by atoms with E-state index in [0.717, 1.165) is 7.05 Å². The largest absolute Gasteiger partial charge is 0.544 e. The summed E-state index contributed by atoms with van der Waals surface area (Å²) >= 11 is 0.598. The molecule has 0 aliphatic heterocycles. The van der Waals surface area contributed by atoms with Crippen LogP contribution in [0.5, 0.6) is 0 Å². The maximum Gasteiger partial charge on any atom is 0.316 e. The van der Waals surface area contributed by atoms with E-state index < -0.39 is 29.1 Å². The molecule has 2 atom stereocenters. The molecule has 0 saturated carbocycles. The predicted octanol–water partition coefficient (Wildman–Crippen LogP) is -2.30. The highest BCUT2D eigenvalue weighted by molar-refractivity contribution is 8.13. The Balaban J connectivity index is 4.62. The van der Waals surface area contributed by atoms with E-state index >= 15 is 0 Å². The quantitative estimate of drug-likeness (QED) is 0.317. The number of hydrogen-bond acceptors (Lipinski definition) is 7. The van der Waals surface area contributed by atoms with Crippen molar-refractivity contribution in [2.75, 3.05) is 19.4 Å². The lowest BCUT2D eigenvalue weighted by atomic mass is 10.0. The summed E-state index contributed by atoms with van der Waals surface area (Å²) in [5, 5.41) is 19.1. The van der Waals surface area contributed by atoms with Gasteiger partial charge in [-0.05, 0) is 6.92 Å². The summed E-state index contributed by atoms with van der Waals surface area (Å²) in [4.78, 5) is 33.3. The number of carboxylic acid groups (broad SMARTS) is 1. The number of hydrogen-bond donors (Lipinski definition) is 2. The van der Waals surface area contributed by atoms with E-state index in [4.69, 9.17) is 9.94 Å². The first-order valence-corrected chi connectivity index (χ1v) is 6.09. The highest BCUT2D eigenvalue weighted by atomic mass is 32.2. The zero-order valence-corrected chi connectivity index (χ0v) is 10.9. The number of quaternary nitrogens is 1. The van der Waals surface area contributed by atoms with Crippen LogP contribution in [0.3, 0.4) is 0 Å². The second kappa shape index (κ2) is 7.90. The van der Waals surface area contributed by atoms with E-state index in [1.54, 1.807) is 6.92 Å². The van der Waals surface area contributed by atoms with Crippen LogP contribution in [-0.2, 0) is 14.3 Å². The zero-order chi connectivity index (χ0) is 14.3. The van der Waals surface area contributed by atoms with Crippen LogP contribution < -0.4 is 10.8 Å². The molecule has 8 nitrogen and oxygen atoms in total. The third-order valence-electron chi connectivity index (χ3n) is 2.03. The Labute approximate surface area is 108 Å². The lowest BCUT2D eigenvalue weighted by Gasteiger charge is -2.20. The normalized spacial score (nSPS) is 13.6. The SMILES string of the molecule is CCOC(=O)C(CSC(=O)N(C)O)C([NH3+])C(=O)[O-]. The van der Waals surface area contributed by atoms with Gasteiger partial charge in [0.05, 0.1) is 6.61 Å². The number of carbonyl (C=O) groups is 3. The van der Waals surface area contributed by atoms with Crippen molar-refractivity contribution in [3.05, 3.63) is 0 Å². The van der Waals surface area contributed by atoms with Gasteiger partial charge in [-0.2, -0.15) is 0 Å². The van der Waals surface area contributed by atoms with E-state index in [9.17, 15) is 19.5 Å². The number of carboxylic acids is 1. The molecule has 0 aliphatic rings. The number of aliphatic carboxylic acids is 1. The second-order valence-corrected chi connectivity index (χ2v) is 4.36. The molecule has 0 saturated heterocycles. The third-order valence-corrected chi connectivity index (χ3v) is 3.07. The van der Waals surface area contributed by atoms with Gasteiger partial charge >= 0.3 is 11.2 Å². The maximum atomic E-state index is 11.5. The molecule has 9 heteroatoms. The lowest BCUT2D eigenvalue weighted by Crippen LogP contribution is -2.73. The third kappa shape index (κ3) is 5.34. The Bertz CT molecular complexity index is 322. The molecule has 0 spiro atoms. The number of rotatable bonds is 6. The van der Waals surface area contributed by atoms with Gasteiger partial charge in [-0.25, -0.2) is 5.06 Å². The summed E-state index contributed by atoms with van der Waals surface area (Å²) < 4.78 is 4.70. The van der Waals surface area contributed by atoms with Crippen LogP contribution >= 0.6 is 11.8 Å². The van der Waals surface area contributed by atoms with E-state index in [0.29, 0.717) is 16.8 Å². The molecule has 0 fully saturated rings. The highest BCUT2D eigenvalue weighted by Gasteiger charge is 2.32. The molecule has 0 aliphatic carbocycles. The molecule has 4 N–H and O–H groups in total. The molecule has 0 radical (unpaired) electrons. The molecule has 0 aromatic heterocycles. The summed E-state index contributed by atoms with van der Waals surface area (Å²) in [6.45, 7) is 1.67. The summed E-state index contributed by atoms with van der Waals surface area (Å²) in [6.07, 6.45) is 0. The Morgan fingerprint density at radius 3 is 2.44 bits per heavy atom. The van der Waals surface area contributed by atoms with Gasteiger partial charge in [0.2, 0.25) is 0 Å². The summed E-state index contributed by atoms with van der Waals surface area (Å²) in [7, 11) is 1.12. The monoisotopic (exact) mass is 280 g/mol. The van der Waals surface area contributed by atoms with Crippen molar-refractivity contribution < 1.29 is 35.2 Å². The molecular weight excluding hydrogens is 264 g/mol. The summed E-state index contributed by atoms with van der Waals surface area (Å²) in [5.74, 6) is -3.53. The standard InChI is InChI=1S/C9H16N2O6S/c1-3-17-8(14)5(6(10)7(12)13)4-18-9(15)11(2)16/h5-6,16H,3-4,10H2,1-2H3,(H,12,13). The minimum atomic E-state index is -1.50. The fourth-order valence-electron chi connectivity index (χ4n) is 1.02. The number of nitrogens with zero attached hydrogens (tertiary/aromatic N) is 1. The molecule has 2 unspecified atom stereocenters. The number of thioether (sulfide) groups is 1. The number of ether oxygens (including phenoxy) is 1. The lowest BCUT2D eigenvalue weighted by molar-refractivity contribution is -0.444. The molecule has 104 valence electrons. The van der Waals surface area contributed by atoms with Crippen LogP contribution in [0.15, 0.2) is 0 Å². The van der Waals surface area contributed by atoms with Gasteiger partial charge in [0.25, 0.3) is 0 Å². The Hall–Kier alpha value is -1.32. The van der Waals surface area contributed by atoms with E-state index in [1.165, 1.54) is 0 Å². The van der Waals surface area contributed by atoms with Crippen molar-refractivity contribution in [3.63, 3.8) is 0 Å². The van der Waals surface area contributed by atoms with Crippen LogP contribution in [0.4, 0.5) is 4.79 Å². The van der Waals surface area contributed by atoms with E-state index in [1.807, 2.05) is 0 Å². The predicted molar refractivity (Wildman–Crippen MR) is 59.2 cm³/mol. The zero-order valence-electron chi connectivity index (χ0n) is 10.1. The molecule has 0 heterocycles. The van der Waals surface area contributed by atoms with E-state index in [2.05, 4.69) is 5.73 Å². The summed E-state index contributed by atoms with van der Waals surface area (Å²) in [6, 6.07) is -1.33. The van der Waals surface area contributed by atoms with Crippen LogP contribution in [0.1, 0.15) is 6.92 Å². The fraction of sp³-hybridized carbons (Fsp3) is 0.667. The first-order chi connectivity index (χ1) is 8.31. The highest BCUT2D eigenvalue weighted by Crippen LogP contribution is 2.15. The van der Waals surface area contributed by atoms with Gasteiger partial charge in [0.1, 0.15) is 17.9 Å². The van der Waals surface area contributed by atoms with Gasteiger partial charge < -0.3 is 20.4 Å². The van der Waals surface area contributed by atoms with Gasteiger partial charge in [0.15, 0.2) is 0 Å². The van der Waals surface area contributed by atoms with Crippen molar-refractivity contribution in [2.45, 2.75) is 13.0 Å². The number of hydroxylamine groups is 2. The van der Waals surface area contributed by atoms with Gasteiger partial charge in [-0.15, -0.1) is 0 Å². The Morgan fingerprint density at radius 2 is 2.06 bits per heavy atom. The van der Waals surface area contributed by atoms with E-state index in [-0.39, 0.29) is 12.4 Å². The smallest absolute Gasteiger partial charge is 0.316 e. The van der Waals surface area contributed by atoms with Gasteiger partial charge in [-0.3, -0.25) is 14.8 Å². The topological polar surface area (TPSA) is 135 Å². The van der Waals surface area contributed by atoms with Crippen molar-refractivity contribution >= 4 is 28.9 Å². The number of amides is 1. The summed E-state index contributed by atoms with van der Waals surface area (Å²) in [5.41, 5.74) is 3.30. The minimum Gasteiger partial charge on any atom is -0.544 e. The van der Waals surface area contributed by atoms with Crippen molar-refractivity contribution in [1.29, 1.82) is 0 Å². The maximum absolute atomic E-state index is 11.5. The van der Waals surface area contributed by atoms with Crippen LogP contribution in [0.2, 0.25) is 0 Å². The Kier molecular flexibility index (Phi) is 7.32. The number of carbonyl (C=O) groups excluding carboxylic acids is 3. The van der Waals surface area contributed by atoms with Crippen molar-refractivity contribution in [3.8, 4) is 0 Å². The molecular formula is C9H16N2O6S. The van der Waals surface area contributed by atoms with Crippen molar-refractivity contribution in [2.24, 2.45) is 5.92 Å². The second-order valence-electron chi connectivity index (χ2n) is 3.38. The molecule has 0 aromatic carbocycles. The molecule has 0 bridgehead atoms. The number of esters is 1. The van der Waals surface area contributed by atoms with Crippen LogP contribution in [0, 0.1) is 5.92 Å². The minimum absolute atomic E-state index is 0.0909. The van der Waals surface area contributed by atoms with Gasteiger partial charge in [0, 0.05) is 12.8 Å². The average molecular weight is 280 g/mol.